The van der Waals surface area contributed by atoms with Crippen LogP contribution in [-0.2, 0) is 6.54 Å². The number of hydrogen-bond donors (Lipinski definition) is 1. The Hall–Kier alpha value is -3.21. The third-order valence-corrected chi connectivity index (χ3v) is 4.84. The highest BCUT2D eigenvalue weighted by Gasteiger charge is 2.22. The lowest BCUT2D eigenvalue weighted by Gasteiger charge is -2.13. The Bertz CT molecular complexity index is 990. The van der Waals surface area contributed by atoms with Crippen LogP contribution in [0.1, 0.15) is 27.2 Å². The average molecular weight is 348 g/mol. The summed E-state index contributed by atoms with van der Waals surface area (Å²) >= 11 is 0. The van der Waals surface area contributed by atoms with Crippen LogP contribution in [0.2, 0.25) is 0 Å². The Morgan fingerprint density at radius 1 is 1.08 bits per heavy atom. The fraction of sp³-hybridized carbons (Fsp3) is 0.190. The SMILES string of the molecule is Cc1c(C(N)=O)c(C)n(Cc2ccc3c(c2)OCO3)c1-c1ccccc1. The summed E-state index contributed by atoms with van der Waals surface area (Å²) in [4.78, 5) is 12.0. The molecule has 0 saturated carbocycles. The molecular formula is C21H20N2O3. The molecule has 3 aromatic rings. The summed E-state index contributed by atoms with van der Waals surface area (Å²) < 4.78 is 13.0. The summed E-state index contributed by atoms with van der Waals surface area (Å²) in [6.07, 6.45) is 0. The van der Waals surface area contributed by atoms with Crippen molar-refractivity contribution in [2.24, 2.45) is 5.73 Å². The number of primary amides is 1. The number of nitrogens with zero attached hydrogens (tertiary/aromatic N) is 1. The highest BCUT2D eigenvalue weighted by molar-refractivity contribution is 5.98. The molecule has 4 rings (SSSR count). The van der Waals surface area contributed by atoms with Gasteiger partial charge < -0.3 is 19.8 Å². The van der Waals surface area contributed by atoms with E-state index in [9.17, 15) is 4.79 Å². The lowest BCUT2D eigenvalue weighted by atomic mass is 10.0. The zero-order valence-electron chi connectivity index (χ0n) is 14.8. The van der Waals surface area contributed by atoms with Crippen molar-refractivity contribution in [2.45, 2.75) is 20.4 Å². The fourth-order valence-electron chi connectivity index (χ4n) is 3.65. The molecule has 26 heavy (non-hydrogen) atoms. The highest BCUT2D eigenvalue weighted by atomic mass is 16.7. The molecule has 132 valence electrons. The van der Waals surface area contributed by atoms with Crippen molar-refractivity contribution in [3.8, 4) is 22.8 Å². The van der Waals surface area contributed by atoms with Crippen molar-refractivity contribution < 1.29 is 14.3 Å². The van der Waals surface area contributed by atoms with Gasteiger partial charge in [0.1, 0.15) is 0 Å². The molecule has 1 amide bonds. The number of rotatable bonds is 4. The number of hydrogen-bond acceptors (Lipinski definition) is 3. The molecule has 0 unspecified atom stereocenters. The van der Waals surface area contributed by atoms with Gasteiger partial charge >= 0.3 is 0 Å². The summed E-state index contributed by atoms with van der Waals surface area (Å²) in [7, 11) is 0. The number of benzene rings is 2. The average Bonchev–Trinajstić information content (AvgIpc) is 3.18. The Morgan fingerprint density at radius 2 is 1.81 bits per heavy atom. The number of fused-ring (bicyclic) bond motifs is 1. The Labute approximate surface area is 152 Å². The molecule has 2 aromatic carbocycles. The number of nitrogens with two attached hydrogens (primary N) is 1. The van der Waals surface area contributed by atoms with Crippen LogP contribution in [0.3, 0.4) is 0 Å². The van der Waals surface area contributed by atoms with E-state index in [1.165, 1.54) is 0 Å². The van der Waals surface area contributed by atoms with Crippen LogP contribution in [0.5, 0.6) is 11.5 Å². The number of aromatic nitrogens is 1. The minimum atomic E-state index is -0.401. The van der Waals surface area contributed by atoms with Gasteiger partial charge in [0.25, 0.3) is 5.91 Å². The molecule has 0 radical (unpaired) electrons. The highest BCUT2D eigenvalue weighted by Crippen LogP contribution is 2.35. The molecule has 5 nitrogen and oxygen atoms in total. The van der Waals surface area contributed by atoms with Crippen LogP contribution in [0.4, 0.5) is 0 Å². The van der Waals surface area contributed by atoms with Gasteiger partial charge in [-0.15, -0.1) is 0 Å². The van der Waals surface area contributed by atoms with Crippen LogP contribution in [0.15, 0.2) is 48.5 Å². The van der Waals surface area contributed by atoms with Crippen molar-refractivity contribution in [3.63, 3.8) is 0 Å². The van der Waals surface area contributed by atoms with E-state index < -0.39 is 5.91 Å². The first-order valence-corrected chi connectivity index (χ1v) is 8.49. The van der Waals surface area contributed by atoms with E-state index in [-0.39, 0.29) is 6.79 Å². The van der Waals surface area contributed by atoms with Crippen molar-refractivity contribution in [2.75, 3.05) is 6.79 Å². The molecule has 0 bridgehead atoms. The molecule has 0 atom stereocenters. The lowest BCUT2D eigenvalue weighted by Crippen LogP contribution is -2.13. The maximum atomic E-state index is 12.0. The van der Waals surface area contributed by atoms with Crippen LogP contribution in [-0.4, -0.2) is 17.3 Å². The maximum Gasteiger partial charge on any atom is 0.250 e. The second-order valence-electron chi connectivity index (χ2n) is 6.44. The Morgan fingerprint density at radius 3 is 2.54 bits per heavy atom. The largest absolute Gasteiger partial charge is 0.454 e. The summed E-state index contributed by atoms with van der Waals surface area (Å²) in [5, 5.41) is 0. The monoisotopic (exact) mass is 348 g/mol. The summed E-state index contributed by atoms with van der Waals surface area (Å²) in [6.45, 7) is 4.75. The third-order valence-electron chi connectivity index (χ3n) is 4.84. The first-order valence-electron chi connectivity index (χ1n) is 8.49. The summed E-state index contributed by atoms with van der Waals surface area (Å²) in [6, 6.07) is 16.0. The smallest absolute Gasteiger partial charge is 0.250 e. The van der Waals surface area contributed by atoms with Gasteiger partial charge in [-0.2, -0.15) is 0 Å². The predicted molar refractivity (Wildman–Crippen MR) is 99.5 cm³/mol. The van der Waals surface area contributed by atoms with E-state index in [4.69, 9.17) is 15.2 Å². The topological polar surface area (TPSA) is 66.5 Å². The second-order valence-corrected chi connectivity index (χ2v) is 6.44. The quantitative estimate of drug-likeness (QED) is 0.783. The molecule has 0 aliphatic carbocycles. The van der Waals surface area contributed by atoms with Crippen molar-refractivity contribution in [1.29, 1.82) is 0 Å². The van der Waals surface area contributed by atoms with Gasteiger partial charge in [-0.3, -0.25) is 4.79 Å². The van der Waals surface area contributed by atoms with Crippen LogP contribution >= 0.6 is 0 Å². The molecule has 0 saturated heterocycles. The van der Waals surface area contributed by atoms with Gasteiger partial charge in [-0.05, 0) is 42.7 Å². The summed E-state index contributed by atoms with van der Waals surface area (Å²) in [5.74, 6) is 1.11. The van der Waals surface area contributed by atoms with E-state index in [1.807, 2.05) is 62.4 Å². The van der Waals surface area contributed by atoms with Crippen LogP contribution in [0, 0.1) is 13.8 Å². The van der Waals surface area contributed by atoms with Crippen LogP contribution < -0.4 is 15.2 Å². The molecule has 1 aliphatic rings. The van der Waals surface area contributed by atoms with E-state index in [0.29, 0.717) is 12.1 Å². The summed E-state index contributed by atoms with van der Waals surface area (Å²) in [5.41, 5.74) is 11.1. The lowest BCUT2D eigenvalue weighted by molar-refractivity contribution is 0.0999. The zero-order valence-corrected chi connectivity index (χ0v) is 14.8. The van der Waals surface area contributed by atoms with Gasteiger partial charge in [0.05, 0.1) is 11.3 Å². The molecule has 2 heterocycles. The van der Waals surface area contributed by atoms with Crippen molar-refractivity contribution in [3.05, 3.63) is 70.9 Å². The van der Waals surface area contributed by atoms with Crippen molar-refractivity contribution >= 4 is 5.91 Å². The second kappa shape index (κ2) is 6.26. The van der Waals surface area contributed by atoms with Crippen LogP contribution in [0.25, 0.3) is 11.3 Å². The predicted octanol–water partition coefficient (Wildman–Crippen LogP) is 3.65. The van der Waals surface area contributed by atoms with E-state index in [1.54, 1.807) is 0 Å². The molecule has 0 fully saturated rings. The van der Waals surface area contributed by atoms with E-state index in [2.05, 4.69) is 4.57 Å². The number of carbonyl (C=O) groups is 1. The number of ether oxygens (including phenoxy) is 2. The number of amides is 1. The van der Waals surface area contributed by atoms with E-state index in [0.717, 1.165) is 39.6 Å². The number of carbonyl (C=O) groups excluding carboxylic acids is 1. The normalized spacial score (nSPS) is 12.4. The first-order chi connectivity index (χ1) is 12.6. The molecule has 1 aliphatic heterocycles. The molecule has 0 spiro atoms. The zero-order chi connectivity index (χ0) is 18.3. The Kier molecular flexibility index (Phi) is 3.92. The molecule has 1 aromatic heterocycles. The maximum absolute atomic E-state index is 12.0. The van der Waals surface area contributed by atoms with Gasteiger partial charge in [-0.1, -0.05) is 36.4 Å². The minimum absolute atomic E-state index is 0.252. The standard InChI is InChI=1S/C21H20N2O3/c1-13-19(21(22)24)14(2)23(20(13)16-6-4-3-5-7-16)11-15-8-9-17-18(10-15)26-12-25-17/h3-10H,11-12H2,1-2H3,(H2,22,24). The molecular weight excluding hydrogens is 328 g/mol. The van der Waals surface area contributed by atoms with Gasteiger partial charge in [0, 0.05) is 12.2 Å². The third kappa shape index (κ3) is 2.62. The Balaban J connectivity index is 1.84. The van der Waals surface area contributed by atoms with E-state index >= 15 is 0 Å². The fourth-order valence-corrected chi connectivity index (χ4v) is 3.65. The van der Waals surface area contributed by atoms with Gasteiger partial charge in [0.15, 0.2) is 11.5 Å². The first kappa shape index (κ1) is 16.3. The molecule has 2 N–H and O–H groups in total. The van der Waals surface area contributed by atoms with Crippen molar-refractivity contribution in [1.82, 2.24) is 4.57 Å². The van der Waals surface area contributed by atoms with Gasteiger partial charge in [-0.25, -0.2) is 0 Å². The molecule has 5 heteroatoms. The van der Waals surface area contributed by atoms with Gasteiger partial charge in [0.2, 0.25) is 6.79 Å². The minimum Gasteiger partial charge on any atom is -0.454 e.